The fourth-order valence-electron chi connectivity index (χ4n) is 7.79. The molecule has 4 rings (SSSR count). The van der Waals surface area contributed by atoms with Crippen LogP contribution in [0.5, 0.6) is 0 Å². The smallest absolute Gasteiger partial charge is 0.306 e. The van der Waals surface area contributed by atoms with Crippen molar-refractivity contribution in [3.8, 4) is 0 Å². The van der Waals surface area contributed by atoms with Gasteiger partial charge in [-0.05, 0) is 81.1 Å². The predicted molar refractivity (Wildman–Crippen MR) is 113 cm³/mol. The number of hydrogen-bond acceptors (Lipinski definition) is 5. The van der Waals surface area contributed by atoms with E-state index in [4.69, 9.17) is 9.84 Å². The average Bonchev–Trinajstić information content (AvgIpc) is 3.08. The molecule has 1 N–H and O–H groups in total. The van der Waals surface area contributed by atoms with Gasteiger partial charge in [0.1, 0.15) is 12.4 Å². The summed E-state index contributed by atoms with van der Waals surface area (Å²) in [5.41, 5.74) is 0.865. The number of aliphatic carboxylic acids is 1. The Morgan fingerprint density at radius 2 is 1.84 bits per heavy atom. The van der Waals surface area contributed by atoms with Crippen LogP contribution in [0.3, 0.4) is 0 Å². The van der Waals surface area contributed by atoms with Crippen LogP contribution in [0.1, 0.15) is 78.1 Å². The molecule has 3 saturated carbocycles. The Labute approximate surface area is 183 Å². The average molecular weight is 431 g/mol. The number of rotatable bonds is 6. The van der Waals surface area contributed by atoms with Crippen LogP contribution in [0, 0.1) is 34.5 Å². The number of hydrogen-bond donors (Lipinski definition) is 1. The van der Waals surface area contributed by atoms with Gasteiger partial charge in [0, 0.05) is 17.8 Å². The van der Waals surface area contributed by atoms with E-state index < -0.39 is 11.9 Å². The zero-order valence-electron chi connectivity index (χ0n) is 18.7. The minimum absolute atomic E-state index is 0.0536. The third kappa shape index (κ3) is 3.76. The van der Waals surface area contributed by atoms with Crippen LogP contribution >= 0.6 is 0 Å². The highest BCUT2D eigenvalue weighted by Crippen LogP contribution is 2.66. The van der Waals surface area contributed by atoms with Gasteiger partial charge in [-0.2, -0.15) is 0 Å². The minimum atomic E-state index is -1.01. The first-order chi connectivity index (χ1) is 14.7. The van der Waals surface area contributed by atoms with E-state index in [0.717, 1.165) is 44.1 Å². The van der Waals surface area contributed by atoms with E-state index in [-0.39, 0.29) is 42.0 Å². The van der Waals surface area contributed by atoms with Crippen molar-refractivity contribution in [3.05, 3.63) is 11.6 Å². The van der Waals surface area contributed by atoms with E-state index in [2.05, 4.69) is 6.92 Å². The van der Waals surface area contributed by atoms with Crippen molar-refractivity contribution in [3.63, 3.8) is 0 Å². The molecule has 0 saturated heterocycles. The molecule has 0 heterocycles. The maximum atomic E-state index is 12.3. The van der Waals surface area contributed by atoms with Crippen molar-refractivity contribution in [2.45, 2.75) is 78.1 Å². The van der Waals surface area contributed by atoms with Crippen LogP contribution in [0.15, 0.2) is 11.6 Å². The Kier molecular flexibility index (Phi) is 5.86. The van der Waals surface area contributed by atoms with Gasteiger partial charge in [0.25, 0.3) is 0 Å². The second-order valence-electron chi connectivity index (χ2n) is 10.5. The first-order valence-electron chi connectivity index (χ1n) is 11.8. The number of carboxylic acids is 1. The number of esters is 1. The lowest BCUT2D eigenvalue weighted by atomic mass is 9.46. The number of ether oxygens (including phenoxy) is 1. The van der Waals surface area contributed by atoms with Crippen LogP contribution < -0.4 is 0 Å². The van der Waals surface area contributed by atoms with Gasteiger partial charge in [-0.3, -0.25) is 19.2 Å². The lowest BCUT2D eigenvalue weighted by Crippen LogP contribution is -2.53. The second-order valence-corrected chi connectivity index (χ2v) is 10.5. The third-order valence-electron chi connectivity index (χ3n) is 9.21. The first-order valence-corrected chi connectivity index (χ1v) is 11.8. The van der Waals surface area contributed by atoms with Gasteiger partial charge < -0.3 is 9.84 Å². The lowest BCUT2D eigenvalue weighted by molar-refractivity contribution is -0.155. The molecule has 6 atom stereocenters. The van der Waals surface area contributed by atoms with E-state index in [1.807, 2.05) is 0 Å². The van der Waals surface area contributed by atoms with Gasteiger partial charge in [0.2, 0.25) is 0 Å². The summed E-state index contributed by atoms with van der Waals surface area (Å²) in [4.78, 5) is 47.6. The van der Waals surface area contributed by atoms with Crippen LogP contribution in [-0.2, 0) is 23.9 Å². The monoisotopic (exact) mass is 430 g/mol. The van der Waals surface area contributed by atoms with E-state index in [0.29, 0.717) is 36.4 Å². The highest BCUT2D eigenvalue weighted by molar-refractivity contribution is 5.91. The van der Waals surface area contributed by atoms with Gasteiger partial charge in [0.15, 0.2) is 5.78 Å². The van der Waals surface area contributed by atoms with E-state index in [1.54, 1.807) is 13.0 Å². The van der Waals surface area contributed by atoms with Gasteiger partial charge in [-0.15, -0.1) is 0 Å². The molecule has 31 heavy (non-hydrogen) atoms. The summed E-state index contributed by atoms with van der Waals surface area (Å²) >= 11 is 0. The summed E-state index contributed by atoms with van der Waals surface area (Å²) < 4.78 is 5.66. The third-order valence-corrected chi connectivity index (χ3v) is 9.21. The minimum Gasteiger partial charge on any atom is -0.481 e. The maximum Gasteiger partial charge on any atom is 0.306 e. The van der Waals surface area contributed by atoms with E-state index >= 15 is 0 Å². The van der Waals surface area contributed by atoms with Gasteiger partial charge in [0.05, 0.1) is 12.8 Å². The number of fused-ring (bicyclic) bond motifs is 5. The molecule has 0 radical (unpaired) electrons. The van der Waals surface area contributed by atoms with Crippen molar-refractivity contribution in [2.24, 2.45) is 34.5 Å². The summed E-state index contributed by atoms with van der Waals surface area (Å²) in [6.45, 7) is 4.28. The van der Waals surface area contributed by atoms with Gasteiger partial charge in [-0.25, -0.2) is 0 Å². The molecule has 4 aliphatic carbocycles. The molecule has 3 fully saturated rings. The Balaban J connectivity index is 1.59. The number of ketones is 2. The molecule has 0 aliphatic heterocycles. The molecule has 0 bridgehead atoms. The number of carbonyl (C=O) groups is 4. The number of carbonyl (C=O) groups excluding carboxylic acids is 3. The zero-order valence-corrected chi connectivity index (χ0v) is 18.7. The van der Waals surface area contributed by atoms with E-state index in [9.17, 15) is 19.2 Å². The molecule has 170 valence electrons. The first kappa shape index (κ1) is 22.2. The summed E-state index contributed by atoms with van der Waals surface area (Å²) in [6.07, 6.45) is 8.52. The predicted octanol–water partition coefficient (Wildman–Crippen LogP) is 4.11. The van der Waals surface area contributed by atoms with Gasteiger partial charge in [-0.1, -0.05) is 12.5 Å². The summed E-state index contributed by atoms with van der Waals surface area (Å²) in [5.74, 6) is 0.442. The van der Waals surface area contributed by atoms with Crippen LogP contribution in [0.2, 0.25) is 0 Å². The Morgan fingerprint density at radius 3 is 2.55 bits per heavy atom. The summed E-state index contributed by atoms with van der Waals surface area (Å²) in [5, 5.41) is 8.84. The Hall–Kier alpha value is -1.98. The van der Waals surface area contributed by atoms with Crippen molar-refractivity contribution in [1.82, 2.24) is 0 Å². The molecular formula is C25H34O6. The molecule has 0 aromatic carbocycles. The van der Waals surface area contributed by atoms with E-state index in [1.165, 1.54) is 0 Å². The Morgan fingerprint density at radius 1 is 1.06 bits per heavy atom. The maximum absolute atomic E-state index is 12.3. The topological polar surface area (TPSA) is 97.7 Å². The Bertz CT molecular complexity index is 828. The highest BCUT2D eigenvalue weighted by Gasteiger charge is 2.61. The normalized spacial score (nSPS) is 39.0. The van der Waals surface area contributed by atoms with Crippen LogP contribution in [0.25, 0.3) is 0 Å². The summed E-state index contributed by atoms with van der Waals surface area (Å²) in [7, 11) is 0. The fourth-order valence-corrected chi connectivity index (χ4v) is 7.79. The molecule has 0 spiro atoms. The summed E-state index contributed by atoms with van der Waals surface area (Å²) in [6, 6.07) is 0. The lowest BCUT2D eigenvalue weighted by Gasteiger charge is -2.58. The molecule has 6 heteroatoms. The van der Waals surface area contributed by atoms with Crippen LogP contribution in [-0.4, -0.2) is 35.2 Å². The molecular weight excluding hydrogens is 396 g/mol. The quantitative estimate of drug-likeness (QED) is 0.637. The number of carboxylic acid groups (broad SMARTS) is 1. The van der Waals surface area contributed by atoms with Crippen molar-refractivity contribution >= 4 is 23.5 Å². The second kappa shape index (κ2) is 8.18. The molecule has 0 aromatic heterocycles. The molecule has 4 aliphatic rings. The largest absolute Gasteiger partial charge is 0.481 e. The SMILES string of the molecule is CC(=O)[C@H]1CC[C@H]2[C@@H]3CCC4=CC(=O)CC[C@]4(COC(=O)CCC(=O)O)[C@H]3CC[C@]12C. The molecule has 6 nitrogen and oxygen atoms in total. The van der Waals surface area contributed by atoms with Crippen molar-refractivity contribution in [1.29, 1.82) is 0 Å². The zero-order chi connectivity index (χ0) is 22.4. The van der Waals surface area contributed by atoms with Gasteiger partial charge >= 0.3 is 11.9 Å². The molecule has 0 unspecified atom stereocenters. The highest BCUT2D eigenvalue weighted by atomic mass is 16.5. The van der Waals surface area contributed by atoms with Crippen molar-refractivity contribution < 1.29 is 29.0 Å². The number of Topliss-reactive ketones (excluding diaryl/α,β-unsaturated/α-hetero) is 1. The fraction of sp³-hybridized carbons (Fsp3) is 0.760. The molecule has 0 aromatic rings. The van der Waals surface area contributed by atoms with Crippen molar-refractivity contribution in [2.75, 3.05) is 6.61 Å². The molecule has 0 amide bonds. The van der Waals surface area contributed by atoms with Crippen LogP contribution in [0.4, 0.5) is 0 Å². The standard InChI is InChI=1S/C25H34O6/c1-15(26)19-5-6-20-18-4-3-16-13-17(27)9-12-25(16,21(18)10-11-24(19,20)2)14-31-23(30)8-7-22(28)29/h13,18-21H,3-12,14H2,1-2H3,(H,28,29)/t18-,19+,20-,21-,24+,25+/m0/s1.